The Kier molecular flexibility index (Phi) is 11.1. The fourth-order valence-corrected chi connectivity index (χ4v) is 1.52. The van der Waals surface area contributed by atoms with E-state index in [1.54, 1.807) is 12.1 Å². The summed E-state index contributed by atoms with van der Waals surface area (Å²) in [5, 5.41) is 14.9. The molecule has 0 saturated heterocycles. The molecule has 0 atom stereocenters. The Morgan fingerprint density at radius 2 is 1.59 bits per heavy atom. The van der Waals surface area contributed by atoms with E-state index in [0.717, 1.165) is 12.7 Å². The number of nitrogens with two attached hydrogens (primary N) is 1. The van der Waals surface area contributed by atoms with Gasteiger partial charge in [0.25, 0.3) is 0 Å². The van der Waals surface area contributed by atoms with Crippen LogP contribution in [0.15, 0.2) is 29.2 Å². The summed E-state index contributed by atoms with van der Waals surface area (Å²) < 4.78 is 21.7. The lowest BCUT2D eigenvalue weighted by Gasteiger charge is -2.01. The van der Waals surface area contributed by atoms with Crippen molar-refractivity contribution in [3.05, 3.63) is 29.8 Å². The van der Waals surface area contributed by atoms with Gasteiger partial charge in [-0.3, -0.25) is 0 Å². The normalized spacial score (nSPS) is 9.53. The van der Waals surface area contributed by atoms with Gasteiger partial charge in [-0.2, -0.15) is 0 Å². The minimum atomic E-state index is -3.55. The molecule has 17 heavy (non-hydrogen) atoms. The van der Waals surface area contributed by atoms with E-state index in [1.165, 1.54) is 12.1 Å². The summed E-state index contributed by atoms with van der Waals surface area (Å²) in [5.74, 6) is 0. The third kappa shape index (κ3) is 7.87. The molecule has 1 aromatic carbocycles. The first kappa shape index (κ1) is 18.4. The smallest absolute Gasteiger partial charge is 0.238 e. The van der Waals surface area contributed by atoms with Crippen molar-refractivity contribution in [3.8, 4) is 0 Å². The van der Waals surface area contributed by atoms with E-state index in [1.807, 2.05) is 20.9 Å². The van der Waals surface area contributed by atoms with Crippen LogP contribution in [0.1, 0.15) is 19.4 Å². The summed E-state index contributed by atoms with van der Waals surface area (Å²) in [7, 11) is -0.728. The SMILES string of the molecule is CC.CNCc1ccc(S(N)(=O)=O)cc1.CO. The minimum absolute atomic E-state index is 0.146. The number of sulfonamides is 1. The largest absolute Gasteiger partial charge is 0.400 e. The third-order valence-electron chi connectivity index (χ3n) is 1.63. The fraction of sp³-hybridized carbons (Fsp3) is 0.455. The zero-order valence-corrected chi connectivity index (χ0v) is 11.6. The van der Waals surface area contributed by atoms with Crippen molar-refractivity contribution in [2.45, 2.75) is 25.3 Å². The van der Waals surface area contributed by atoms with E-state index in [0.29, 0.717) is 6.54 Å². The summed E-state index contributed by atoms with van der Waals surface area (Å²) >= 11 is 0. The standard InChI is InChI=1S/C8H12N2O2S.C2H6.CH4O/c1-10-6-7-2-4-8(5-3-7)13(9,11)12;2*1-2/h2-5,10H,6H2,1H3,(H2,9,11,12);1-2H3;2H,1H3. The van der Waals surface area contributed by atoms with E-state index in [4.69, 9.17) is 10.2 Å². The first-order valence-electron chi connectivity index (χ1n) is 5.25. The van der Waals surface area contributed by atoms with Crippen molar-refractivity contribution >= 4 is 10.0 Å². The highest BCUT2D eigenvalue weighted by Gasteiger charge is 2.05. The molecule has 0 radical (unpaired) electrons. The third-order valence-corrected chi connectivity index (χ3v) is 2.56. The lowest BCUT2D eigenvalue weighted by Crippen LogP contribution is -2.12. The van der Waals surface area contributed by atoms with Gasteiger partial charge in [0.2, 0.25) is 10.0 Å². The van der Waals surface area contributed by atoms with Crippen LogP contribution < -0.4 is 10.5 Å². The second-order valence-corrected chi connectivity index (χ2v) is 4.28. The number of benzene rings is 1. The first-order chi connectivity index (χ1) is 8.04. The molecule has 0 aliphatic carbocycles. The maximum atomic E-state index is 10.9. The molecule has 6 heteroatoms. The van der Waals surface area contributed by atoms with Crippen LogP contribution in [0.2, 0.25) is 0 Å². The van der Waals surface area contributed by atoms with E-state index in [9.17, 15) is 8.42 Å². The summed E-state index contributed by atoms with van der Waals surface area (Å²) in [5.41, 5.74) is 1.02. The quantitative estimate of drug-likeness (QED) is 0.747. The molecule has 1 aromatic rings. The molecule has 0 aliphatic rings. The Balaban J connectivity index is 0. The average Bonchev–Trinajstić information content (AvgIpc) is 2.34. The molecule has 0 unspecified atom stereocenters. The van der Waals surface area contributed by atoms with E-state index >= 15 is 0 Å². The van der Waals surface area contributed by atoms with Crippen LogP contribution in [0.4, 0.5) is 0 Å². The zero-order valence-electron chi connectivity index (χ0n) is 10.8. The topological polar surface area (TPSA) is 92.4 Å². The number of hydrogen-bond donors (Lipinski definition) is 3. The van der Waals surface area contributed by atoms with Crippen LogP contribution in [0.3, 0.4) is 0 Å². The Morgan fingerprint density at radius 1 is 1.18 bits per heavy atom. The van der Waals surface area contributed by atoms with Gasteiger partial charge in [-0.1, -0.05) is 26.0 Å². The Bertz CT molecular complexity index is 374. The summed E-state index contributed by atoms with van der Waals surface area (Å²) in [6, 6.07) is 6.47. The minimum Gasteiger partial charge on any atom is -0.400 e. The Labute approximate surface area is 104 Å². The zero-order chi connectivity index (χ0) is 13.9. The van der Waals surface area contributed by atoms with Crippen LogP contribution >= 0.6 is 0 Å². The highest BCUT2D eigenvalue weighted by Crippen LogP contribution is 2.08. The molecule has 0 amide bonds. The summed E-state index contributed by atoms with van der Waals surface area (Å²) in [4.78, 5) is 0.146. The maximum Gasteiger partial charge on any atom is 0.238 e. The number of nitrogens with one attached hydrogen (secondary N) is 1. The predicted molar refractivity (Wildman–Crippen MR) is 70.1 cm³/mol. The molecule has 1 rings (SSSR count). The van der Waals surface area contributed by atoms with Crippen molar-refractivity contribution in [2.75, 3.05) is 14.2 Å². The van der Waals surface area contributed by atoms with Crippen LogP contribution in [-0.2, 0) is 16.6 Å². The van der Waals surface area contributed by atoms with Gasteiger partial charge in [0.05, 0.1) is 4.90 Å². The maximum absolute atomic E-state index is 10.9. The Morgan fingerprint density at radius 3 is 1.88 bits per heavy atom. The van der Waals surface area contributed by atoms with Crippen molar-refractivity contribution < 1.29 is 13.5 Å². The van der Waals surface area contributed by atoms with E-state index in [2.05, 4.69) is 5.32 Å². The molecule has 0 spiro atoms. The van der Waals surface area contributed by atoms with Gasteiger partial charge >= 0.3 is 0 Å². The monoisotopic (exact) mass is 262 g/mol. The summed E-state index contributed by atoms with van der Waals surface area (Å²) in [6.07, 6.45) is 0. The molecule has 5 nitrogen and oxygen atoms in total. The Hall–Kier alpha value is -0.950. The predicted octanol–water partition coefficient (Wildman–Crippen LogP) is 0.688. The molecule has 100 valence electrons. The van der Waals surface area contributed by atoms with Crippen LogP contribution in [0.25, 0.3) is 0 Å². The van der Waals surface area contributed by atoms with E-state index in [-0.39, 0.29) is 4.90 Å². The van der Waals surface area contributed by atoms with Gasteiger partial charge in [-0.15, -0.1) is 0 Å². The van der Waals surface area contributed by atoms with Crippen LogP contribution in [-0.4, -0.2) is 27.7 Å². The highest BCUT2D eigenvalue weighted by molar-refractivity contribution is 7.89. The van der Waals surface area contributed by atoms with Gasteiger partial charge in [0, 0.05) is 13.7 Å². The molecule has 0 heterocycles. The lowest BCUT2D eigenvalue weighted by atomic mass is 10.2. The van der Waals surface area contributed by atoms with Gasteiger partial charge < -0.3 is 10.4 Å². The molecule has 4 N–H and O–H groups in total. The molecule has 0 saturated carbocycles. The number of rotatable bonds is 3. The van der Waals surface area contributed by atoms with Crippen molar-refractivity contribution in [1.82, 2.24) is 5.32 Å². The van der Waals surface area contributed by atoms with Crippen LogP contribution in [0, 0.1) is 0 Å². The van der Waals surface area contributed by atoms with Crippen molar-refractivity contribution in [1.29, 1.82) is 0 Å². The molecule has 0 fully saturated rings. The molecule has 0 aromatic heterocycles. The van der Waals surface area contributed by atoms with E-state index < -0.39 is 10.0 Å². The lowest BCUT2D eigenvalue weighted by molar-refractivity contribution is 0.399. The van der Waals surface area contributed by atoms with Crippen LogP contribution in [0.5, 0.6) is 0 Å². The second-order valence-electron chi connectivity index (χ2n) is 2.72. The van der Waals surface area contributed by atoms with Gasteiger partial charge in [-0.25, -0.2) is 13.6 Å². The molecule has 0 aliphatic heterocycles. The van der Waals surface area contributed by atoms with Crippen molar-refractivity contribution in [3.63, 3.8) is 0 Å². The molecular formula is C11H22N2O3S. The van der Waals surface area contributed by atoms with Gasteiger partial charge in [0.1, 0.15) is 0 Å². The summed E-state index contributed by atoms with van der Waals surface area (Å²) in [6.45, 7) is 4.71. The number of aliphatic hydroxyl groups is 1. The fourth-order valence-electron chi connectivity index (χ4n) is 1.00. The first-order valence-corrected chi connectivity index (χ1v) is 6.80. The number of hydrogen-bond acceptors (Lipinski definition) is 4. The number of aliphatic hydroxyl groups excluding tert-OH is 1. The second kappa shape index (κ2) is 10.2. The van der Waals surface area contributed by atoms with Gasteiger partial charge in [0.15, 0.2) is 0 Å². The average molecular weight is 262 g/mol. The molecule has 0 bridgehead atoms. The van der Waals surface area contributed by atoms with Crippen molar-refractivity contribution in [2.24, 2.45) is 5.14 Å². The molecular weight excluding hydrogens is 240 g/mol. The van der Waals surface area contributed by atoms with Gasteiger partial charge in [-0.05, 0) is 24.7 Å². The number of primary sulfonamides is 1. The highest BCUT2D eigenvalue weighted by atomic mass is 32.2.